The Hall–Kier alpha value is -2.76. The summed E-state index contributed by atoms with van der Waals surface area (Å²) >= 11 is 0. The first kappa shape index (κ1) is 27.8. The molecule has 0 aliphatic carbocycles. The van der Waals surface area contributed by atoms with Crippen LogP contribution < -0.4 is 0 Å². The second-order valence-electron chi connectivity index (χ2n) is 8.80. The Labute approximate surface area is 200 Å². The van der Waals surface area contributed by atoms with Gasteiger partial charge in [0, 0.05) is 19.0 Å². The molecule has 3 nitrogen and oxygen atoms in total. The highest BCUT2D eigenvalue weighted by Gasteiger charge is 2.39. The third-order valence-corrected chi connectivity index (χ3v) is 6.32. The Kier molecular flexibility index (Phi) is 7.97. The fourth-order valence-corrected chi connectivity index (χ4v) is 4.50. The average molecular weight is 527 g/mol. The van der Waals surface area contributed by atoms with Crippen LogP contribution in [0.3, 0.4) is 0 Å². The first-order valence-corrected chi connectivity index (χ1v) is 11.0. The first-order chi connectivity index (χ1) is 16.6. The van der Waals surface area contributed by atoms with Gasteiger partial charge in [0.2, 0.25) is 0 Å². The molecule has 2 unspecified atom stereocenters. The molecule has 2 aromatic rings. The van der Waals surface area contributed by atoms with Crippen molar-refractivity contribution in [1.29, 1.82) is 0 Å². The molecule has 0 amide bonds. The lowest BCUT2D eigenvalue weighted by Crippen LogP contribution is -2.37. The van der Waals surface area contributed by atoms with Gasteiger partial charge in [0.05, 0.1) is 16.7 Å². The fraction of sp³-hybridized carbons (Fsp3) is 0.458. The van der Waals surface area contributed by atoms with Gasteiger partial charge in [0.25, 0.3) is 0 Å². The van der Waals surface area contributed by atoms with Crippen LogP contribution in [0.2, 0.25) is 0 Å². The zero-order chi connectivity index (χ0) is 26.9. The van der Waals surface area contributed by atoms with Crippen LogP contribution in [0.1, 0.15) is 59.5 Å². The van der Waals surface area contributed by atoms with Crippen molar-refractivity contribution >= 4 is 5.97 Å². The zero-order valence-electron chi connectivity index (χ0n) is 18.6. The molecule has 2 aromatic carbocycles. The van der Waals surface area contributed by atoms with E-state index in [-0.39, 0.29) is 31.7 Å². The second-order valence-corrected chi connectivity index (χ2v) is 8.80. The predicted octanol–water partition coefficient (Wildman–Crippen LogP) is 7.56. The van der Waals surface area contributed by atoms with Crippen LogP contribution in [-0.4, -0.2) is 22.5 Å². The number of carboxylic acids is 1. The molecule has 0 bridgehead atoms. The van der Waals surface area contributed by atoms with E-state index >= 15 is 0 Å². The Morgan fingerprint density at radius 3 is 1.97 bits per heavy atom. The van der Waals surface area contributed by atoms with Crippen molar-refractivity contribution in [3.05, 3.63) is 70.3 Å². The van der Waals surface area contributed by atoms with E-state index in [1.54, 1.807) is 0 Å². The Balaban J connectivity index is 1.97. The van der Waals surface area contributed by atoms with Crippen LogP contribution >= 0.6 is 0 Å². The van der Waals surface area contributed by atoms with Gasteiger partial charge in [-0.05, 0) is 73.2 Å². The van der Waals surface area contributed by atoms with Crippen molar-refractivity contribution in [2.45, 2.75) is 56.8 Å². The molecule has 0 saturated carbocycles. The van der Waals surface area contributed by atoms with Gasteiger partial charge in [-0.2, -0.15) is 39.5 Å². The average Bonchev–Trinajstić information content (AvgIpc) is 2.76. The molecule has 1 saturated heterocycles. The monoisotopic (exact) mass is 527 g/mol. The van der Waals surface area contributed by atoms with Gasteiger partial charge in [-0.3, -0.25) is 9.69 Å². The smallest absolute Gasteiger partial charge is 0.416 e. The normalized spacial score (nSPS) is 19.9. The molecule has 1 fully saturated rings. The number of alkyl halides is 9. The number of nitrogens with zero attached hydrogens (tertiary/aromatic N) is 1. The zero-order valence-corrected chi connectivity index (χ0v) is 18.6. The number of rotatable bonds is 6. The van der Waals surface area contributed by atoms with E-state index in [0.717, 1.165) is 12.1 Å². The number of piperidine rings is 1. The molecule has 1 heterocycles. The lowest BCUT2D eigenvalue weighted by atomic mass is 9.84. The van der Waals surface area contributed by atoms with E-state index in [4.69, 9.17) is 5.11 Å². The van der Waals surface area contributed by atoms with Crippen molar-refractivity contribution in [2.24, 2.45) is 5.92 Å². The highest BCUT2D eigenvalue weighted by Crippen LogP contribution is 2.41. The maximum absolute atomic E-state index is 13.6. The van der Waals surface area contributed by atoms with E-state index in [0.29, 0.717) is 30.2 Å². The number of likely N-dealkylation sites (tertiary alicyclic amines) is 1. The van der Waals surface area contributed by atoms with E-state index in [9.17, 15) is 44.3 Å². The third-order valence-electron chi connectivity index (χ3n) is 6.32. The van der Waals surface area contributed by atoms with E-state index in [2.05, 4.69) is 0 Å². The molecule has 12 heteroatoms. The van der Waals surface area contributed by atoms with Crippen molar-refractivity contribution in [1.82, 2.24) is 4.90 Å². The highest BCUT2D eigenvalue weighted by atomic mass is 19.4. The predicted molar refractivity (Wildman–Crippen MR) is 111 cm³/mol. The summed E-state index contributed by atoms with van der Waals surface area (Å²) in [5.41, 5.74) is -3.64. The van der Waals surface area contributed by atoms with Gasteiger partial charge in [-0.25, -0.2) is 0 Å². The largest absolute Gasteiger partial charge is 0.481 e. The van der Waals surface area contributed by atoms with Gasteiger partial charge in [0.15, 0.2) is 0 Å². The molecular weight excluding hydrogens is 505 g/mol. The number of halogens is 9. The molecule has 1 aliphatic heterocycles. The van der Waals surface area contributed by atoms with Gasteiger partial charge < -0.3 is 5.11 Å². The molecule has 1 N–H and O–H groups in total. The summed E-state index contributed by atoms with van der Waals surface area (Å²) in [6, 6.07) is 4.52. The summed E-state index contributed by atoms with van der Waals surface area (Å²) in [5, 5.41) is 8.96. The van der Waals surface area contributed by atoms with Crippen LogP contribution in [0, 0.1) is 5.92 Å². The Morgan fingerprint density at radius 1 is 0.861 bits per heavy atom. The highest BCUT2D eigenvalue weighted by molar-refractivity contribution is 5.66. The fourth-order valence-electron chi connectivity index (χ4n) is 4.50. The van der Waals surface area contributed by atoms with Gasteiger partial charge in [-0.15, -0.1) is 0 Å². The number of aliphatic carboxylic acids is 1. The first-order valence-electron chi connectivity index (χ1n) is 11.0. The van der Waals surface area contributed by atoms with Crippen molar-refractivity contribution < 1.29 is 49.4 Å². The van der Waals surface area contributed by atoms with Crippen LogP contribution in [0.25, 0.3) is 0 Å². The molecule has 198 valence electrons. The quantitative estimate of drug-likeness (QED) is 0.394. The van der Waals surface area contributed by atoms with Gasteiger partial charge in [0.1, 0.15) is 0 Å². The summed E-state index contributed by atoms with van der Waals surface area (Å²) < 4.78 is 119. The van der Waals surface area contributed by atoms with Gasteiger partial charge in [-0.1, -0.05) is 12.1 Å². The van der Waals surface area contributed by atoms with E-state index < -0.39 is 59.3 Å². The van der Waals surface area contributed by atoms with Crippen LogP contribution in [0.4, 0.5) is 39.5 Å². The summed E-state index contributed by atoms with van der Waals surface area (Å²) in [5.74, 6) is -1.21. The summed E-state index contributed by atoms with van der Waals surface area (Å²) in [4.78, 5) is 12.5. The van der Waals surface area contributed by atoms with Crippen LogP contribution in [-0.2, 0) is 29.9 Å². The molecule has 0 radical (unpaired) electrons. The molecule has 2 atom stereocenters. The molecule has 3 rings (SSSR count). The van der Waals surface area contributed by atoms with Crippen LogP contribution in [0.15, 0.2) is 42.5 Å². The van der Waals surface area contributed by atoms with E-state index in [1.165, 1.54) is 17.0 Å². The van der Waals surface area contributed by atoms with E-state index in [1.807, 2.05) is 0 Å². The van der Waals surface area contributed by atoms with Crippen molar-refractivity contribution in [3.63, 3.8) is 0 Å². The number of benzene rings is 2. The molecule has 0 aromatic heterocycles. The number of hydrogen-bond acceptors (Lipinski definition) is 2. The summed E-state index contributed by atoms with van der Waals surface area (Å²) in [6.45, 7) is -0.389. The Bertz CT molecular complexity index is 1060. The van der Waals surface area contributed by atoms with Crippen molar-refractivity contribution in [2.75, 3.05) is 6.54 Å². The molecule has 36 heavy (non-hydrogen) atoms. The maximum Gasteiger partial charge on any atom is 0.416 e. The molecular formula is C24H22F9NO2. The third kappa shape index (κ3) is 6.92. The SMILES string of the molecule is O=C(O)CCC1CCN(Cc2cc(C(F)(F)F)ccc2C(F)(F)F)C(c2ccc(C(F)(F)F)cc2)C1. The standard InChI is InChI=1S/C24H22F9NO2/c25-22(26,27)17-4-2-15(3-5-17)20-11-14(1-8-21(35)36)9-10-34(20)13-16-12-18(23(28,29)30)6-7-19(16)24(31,32)33/h2-7,12,14,20H,1,8-11,13H2,(H,35,36). The molecule has 0 spiro atoms. The lowest BCUT2D eigenvalue weighted by molar-refractivity contribution is -0.142. The molecule has 1 aliphatic rings. The maximum atomic E-state index is 13.6. The summed E-state index contributed by atoms with van der Waals surface area (Å²) in [6.07, 6.45) is -13.7. The number of carbonyl (C=O) groups is 1. The Morgan fingerprint density at radius 2 is 1.44 bits per heavy atom. The van der Waals surface area contributed by atoms with Crippen LogP contribution in [0.5, 0.6) is 0 Å². The minimum Gasteiger partial charge on any atom is -0.481 e. The second kappa shape index (κ2) is 10.3. The van der Waals surface area contributed by atoms with Gasteiger partial charge >= 0.3 is 24.5 Å². The number of carboxylic acid groups (broad SMARTS) is 1. The summed E-state index contributed by atoms with van der Waals surface area (Å²) in [7, 11) is 0. The lowest BCUT2D eigenvalue weighted by Gasteiger charge is -2.40. The minimum absolute atomic E-state index is 0.128. The van der Waals surface area contributed by atoms with Crippen molar-refractivity contribution in [3.8, 4) is 0 Å². The topological polar surface area (TPSA) is 40.5 Å². The minimum atomic E-state index is -4.91. The number of hydrogen-bond donors (Lipinski definition) is 1.